The van der Waals surface area contributed by atoms with E-state index in [2.05, 4.69) is 33.8 Å². The molecule has 7 heteroatoms. The summed E-state index contributed by atoms with van der Waals surface area (Å²) < 4.78 is 19.3. The molecule has 2 aromatic carbocycles. The van der Waals surface area contributed by atoms with Crippen molar-refractivity contribution in [2.75, 3.05) is 59.1 Å². The number of aliphatic hydroxyl groups excluding tert-OH is 1. The summed E-state index contributed by atoms with van der Waals surface area (Å²) in [5.41, 5.74) is 2.35. The van der Waals surface area contributed by atoms with Gasteiger partial charge in [-0.1, -0.05) is 36.1 Å². The van der Waals surface area contributed by atoms with Crippen LogP contribution in [0.5, 0.6) is 0 Å². The van der Waals surface area contributed by atoms with Crippen LogP contribution in [0.15, 0.2) is 48.5 Å². The lowest BCUT2D eigenvalue weighted by molar-refractivity contribution is -0.138. The number of halogens is 1. The molecular formula is C29H34FN3O3. The largest absolute Gasteiger partial charge is 0.395 e. The Kier molecular flexibility index (Phi) is 7.98. The van der Waals surface area contributed by atoms with Crippen LogP contribution in [0.2, 0.25) is 0 Å². The fraction of sp³-hybridized carbons (Fsp3) is 0.483. The molecule has 0 unspecified atom stereocenters. The lowest BCUT2D eigenvalue weighted by atomic mass is 9.74. The van der Waals surface area contributed by atoms with Crippen molar-refractivity contribution in [2.24, 2.45) is 0 Å². The van der Waals surface area contributed by atoms with Crippen LogP contribution in [-0.2, 0) is 9.53 Å². The molecule has 3 atom stereocenters. The van der Waals surface area contributed by atoms with Gasteiger partial charge in [-0.05, 0) is 49.2 Å². The number of amides is 1. The monoisotopic (exact) mass is 491 g/mol. The van der Waals surface area contributed by atoms with Gasteiger partial charge in [0, 0.05) is 49.7 Å². The number of nitrogens with zero attached hydrogens (tertiary/aromatic N) is 3. The molecule has 3 fully saturated rings. The summed E-state index contributed by atoms with van der Waals surface area (Å²) >= 11 is 0. The van der Waals surface area contributed by atoms with Gasteiger partial charge in [0.05, 0.1) is 31.9 Å². The molecule has 6 nitrogen and oxygen atoms in total. The van der Waals surface area contributed by atoms with E-state index >= 15 is 0 Å². The Morgan fingerprint density at radius 2 is 1.75 bits per heavy atom. The minimum Gasteiger partial charge on any atom is -0.395 e. The van der Waals surface area contributed by atoms with Crippen LogP contribution in [0.1, 0.15) is 35.4 Å². The van der Waals surface area contributed by atoms with E-state index in [1.54, 1.807) is 18.2 Å². The molecule has 190 valence electrons. The van der Waals surface area contributed by atoms with E-state index in [-0.39, 0.29) is 36.3 Å². The number of ether oxygens (including phenoxy) is 1. The number of fused-ring (bicyclic) bond motifs is 1. The fourth-order valence-electron chi connectivity index (χ4n) is 5.71. The van der Waals surface area contributed by atoms with E-state index < -0.39 is 0 Å². The minimum atomic E-state index is -0.320. The summed E-state index contributed by atoms with van der Waals surface area (Å²) in [6.45, 7) is 5.93. The summed E-state index contributed by atoms with van der Waals surface area (Å²) in [6, 6.07) is 14.8. The third-order valence-electron chi connectivity index (χ3n) is 7.70. The maximum atomic E-state index is 13.9. The number of rotatable bonds is 4. The smallest absolute Gasteiger partial charge is 0.236 e. The summed E-state index contributed by atoms with van der Waals surface area (Å²) in [7, 11) is 0. The molecule has 2 aromatic rings. The molecule has 1 amide bonds. The van der Waals surface area contributed by atoms with Crippen molar-refractivity contribution in [1.82, 2.24) is 14.7 Å². The Balaban J connectivity index is 1.30. The number of hydrogen-bond donors (Lipinski definition) is 1. The van der Waals surface area contributed by atoms with E-state index in [1.807, 2.05) is 17.0 Å². The number of carbonyl (C=O) groups excluding carboxylic acids is 1. The SMILES string of the molecule is O=C(CN1CCOCC1)N1CCCCN2[C@H](CO)[C@H](c3ccc(C#Cc4ccccc4F)cc3)[C@@H]2C1. The number of carbonyl (C=O) groups is 1. The van der Waals surface area contributed by atoms with Gasteiger partial charge in [0.1, 0.15) is 5.82 Å². The van der Waals surface area contributed by atoms with Crippen molar-refractivity contribution in [2.45, 2.75) is 30.8 Å². The third kappa shape index (κ3) is 5.47. The first-order valence-electron chi connectivity index (χ1n) is 12.9. The van der Waals surface area contributed by atoms with E-state index in [9.17, 15) is 14.3 Å². The maximum Gasteiger partial charge on any atom is 0.236 e. The Hall–Kier alpha value is -2.76. The minimum absolute atomic E-state index is 0.0552. The predicted octanol–water partition coefficient (Wildman–Crippen LogP) is 2.31. The van der Waals surface area contributed by atoms with Gasteiger partial charge in [0.15, 0.2) is 0 Å². The zero-order chi connectivity index (χ0) is 24.9. The van der Waals surface area contributed by atoms with Crippen LogP contribution < -0.4 is 0 Å². The zero-order valence-electron chi connectivity index (χ0n) is 20.6. The van der Waals surface area contributed by atoms with Gasteiger partial charge in [0.25, 0.3) is 0 Å². The van der Waals surface area contributed by atoms with Crippen molar-refractivity contribution in [3.8, 4) is 11.8 Å². The first-order valence-corrected chi connectivity index (χ1v) is 12.9. The molecule has 0 aromatic heterocycles. The van der Waals surface area contributed by atoms with E-state index in [1.165, 1.54) is 6.07 Å². The molecule has 0 bridgehead atoms. The average molecular weight is 492 g/mol. The Morgan fingerprint density at radius 3 is 2.50 bits per heavy atom. The van der Waals surface area contributed by atoms with Crippen molar-refractivity contribution in [3.05, 3.63) is 71.0 Å². The molecule has 0 saturated carbocycles. The van der Waals surface area contributed by atoms with E-state index in [0.717, 1.165) is 50.1 Å². The summed E-state index contributed by atoms with van der Waals surface area (Å²) in [5, 5.41) is 10.2. The quantitative estimate of drug-likeness (QED) is 0.666. The van der Waals surface area contributed by atoms with Crippen molar-refractivity contribution < 1.29 is 19.0 Å². The van der Waals surface area contributed by atoms with Crippen LogP contribution in [-0.4, -0.2) is 96.9 Å². The van der Waals surface area contributed by atoms with Crippen LogP contribution in [0, 0.1) is 17.7 Å². The van der Waals surface area contributed by atoms with Gasteiger partial charge < -0.3 is 14.7 Å². The second-order valence-electron chi connectivity index (χ2n) is 9.87. The fourth-order valence-corrected chi connectivity index (χ4v) is 5.71. The number of morpholine rings is 1. The molecule has 3 aliphatic rings. The highest BCUT2D eigenvalue weighted by molar-refractivity contribution is 5.78. The number of benzene rings is 2. The van der Waals surface area contributed by atoms with Crippen molar-refractivity contribution >= 4 is 5.91 Å². The number of hydrogen-bond acceptors (Lipinski definition) is 5. The Labute approximate surface area is 212 Å². The van der Waals surface area contributed by atoms with E-state index in [0.29, 0.717) is 31.9 Å². The summed E-state index contributed by atoms with van der Waals surface area (Å²) in [5.74, 6) is 5.97. The second kappa shape index (κ2) is 11.5. The van der Waals surface area contributed by atoms with Crippen LogP contribution in [0.3, 0.4) is 0 Å². The highest BCUT2D eigenvalue weighted by atomic mass is 19.1. The molecular weight excluding hydrogens is 457 g/mol. The van der Waals surface area contributed by atoms with Gasteiger partial charge in [-0.3, -0.25) is 14.6 Å². The molecule has 0 spiro atoms. The third-order valence-corrected chi connectivity index (χ3v) is 7.70. The molecule has 5 rings (SSSR count). The van der Waals surface area contributed by atoms with Gasteiger partial charge in [-0.2, -0.15) is 0 Å². The van der Waals surface area contributed by atoms with Crippen LogP contribution in [0.25, 0.3) is 0 Å². The van der Waals surface area contributed by atoms with Crippen molar-refractivity contribution in [1.29, 1.82) is 0 Å². The van der Waals surface area contributed by atoms with Crippen molar-refractivity contribution in [3.63, 3.8) is 0 Å². The molecule has 0 aliphatic carbocycles. The summed E-state index contributed by atoms with van der Waals surface area (Å²) in [4.78, 5) is 19.8. The molecule has 0 radical (unpaired) electrons. The lowest BCUT2D eigenvalue weighted by Crippen LogP contribution is -2.68. The number of aliphatic hydroxyl groups is 1. The van der Waals surface area contributed by atoms with Crippen LogP contribution >= 0.6 is 0 Å². The first kappa shape index (κ1) is 24.9. The predicted molar refractivity (Wildman–Crippen MR) is 136 cm³/mol. The van der Waals surface area contributed by atoms with Gasteiger partial charge >= 0.3 is 0 Å². The molecule has 3 aliphatic heterocycles. The summed E-state index contributed by atoms with van der Waals surface area (Å²) in [6.07, 6.45) is 2.00. The van der Waals surface area contributed by atoms with E-state index in [4.69, 9.17) is 4.74 Å². The molecule has 1 N–H and O–H groups in total. The van der Waals surface area contributed by atoms with Gasteiger partial charge in [-0.15, -0.1) is 0 Å². The van der Waals surface area contributed by atoms with Crippen LogP contribution in [0.4, 0.5) is 4.39 Å². The molecule has 3 heterocycles. The standard InChI is InChI=1S/C29H34FN3O3/c30-25-6-2-1-5-23(25)10-7-22-8-11-24(12-9-22)29-26-19-32(13-3-4-14-33(26)27(29)21-34)28(35)20-31-15-17-36-18-16-31/h1-2,5-6,8-9,11-12,26-27,29,34H,3-4,13-21H2/t26-,27+,29+/m0/s1. The normalized spacial score (nSPS) is 25.1. The second-order valence-corrected chi connectivity index (χ2v) is 9.87. The first-order chi connectivity index (χ1) is 17.6. The Bertz CT molecular complexity index is 1110. The topological polar surface area (TPSA) is 56.2 Å². The zero-order valence-corrected chi connectivity index (χ0v) is 20.6. The average Bonchev–Trinajstić information content (AvgIpc) is 2.88. The lowest BCUT2D eigenvalue weighted by Gasteiger charge is -2.57. The Morgan fingerprint density at radius 1 is 1.00 bits per heavy atom. The van der Waals surface area contributed by atoms with Gasteiger partial charge in [0.2, 0.25) is 5.91 Å². The molecule has 3 saturated heterocycles. The highest BCUT2D eigenvalue weighted by Gasteiger charge is 2.49. The van der Waals surface area contributed by atoms with Gasteiger partial charge in [-0.25, -0.2) is 4.39 Å². The molecule has 36 heavy (non-hydrogen) atoms. The highest BCUT2D eigenvalue weighted by Crippen LogP contribution is 2.42. The maximum absolute atomic E-state index is 13.9.